The number of hydrogen-bond donors (Lipinski definition) is 1. The van der Waals surface area contributed by atoms with Gasteiger partial charge in [0.2, 0.25) is 0 Å². The molecule has 1 N–H and O–H groups in total. The summed E-state index contributed by atoms with van der Waals surface area (Å²) in [5.41, 5.74) is 0. The van der Waals surface area contributed by atoms with E-state index in [0.29, 0.717) is 31.5 Å². The molecule has 5 nitrogen and oxygen atoms in total. The summed E-state index contributed by atoms with van der Waals surface area (Å²) in [4.78, 5) is 0. The van der Waals surface area contributed by atoms with Gasteiger partial charge in [0.1, 0.15) is 0 Å². The van der Waals surface area contributed by atoms with E-state index in [4.69, 9.17) is 0 Å². The molecule has 2 aliphatic heterocycles. The minimum absolute atomic E-state index is 0.0521. The van der Waals surface area contributed by atoms with E-state index in [2.05, 4.69) is 19.2 Å². The zero-order valence-corrected chi connectivity index (χ0v) is 12.4. The summed E-state index contributed by atoms with van der Waals surface area (Å²) in [5, 5.41) is 3.23. The molecule has 3 atom stereocenters. The van der Waals surface area contributed by atoms with Gasteiger partial charge in [-0.05, 0) is 25.2 Å². The molecule has 0 amide bonds. The van der Waals surface area contributed by atoms with Gasteiger partial charge in [-0.2, -0.15) is 17.0 Å². The Labute approximate surface area is 111 Å². The third kappa shape index (κ3) is 2.87. The van der Waals surface area contributed by atoms with Gasteiger partial charge in [0.05, 0.1) is 0 Å². The van der Waals surface area contributed by atoms with Crippen molar-refractivity contribution in [2.24, 2.45) is 11.8 Å². The quantitative estimate of drug-likeness (QED) is 0.798. The van der Waals surface area contributed by atoms with Crippen LogP contribution in [-0.2, 0) is 10.2 Å². The van der Waals surface area contributed by atoms with E-state index in [-0.39, 0.29) is 6.04 Å². The number of nitrogens with one attached hydrogen (secondary N) is 1. The number of hydrogen-bond acceptors (Lipinski definition) is 3. The van der Waals surface area contributed by atoms with E-state index in [1.54, 1.807) is 8.61 Å². The fraction of sp³-hybridized carbons (Fsp3) is 1.00. The lowest BCUT2D eigenvalue weighted by atomic mass is 9.94. The smallest absolute Gasteiger partial charge is 0.282 e. The highest BCUT2D eigenvalue weighted by atomic mass is 32.2. The fourth-order valence-electron chi connectivity index (χ4n) is 3.11. The molecule has 0 bridgehead atoms. The summed E-state index contributed by atoms with van der Waals surface area (Å²) >= 11 is 0. The van der Waals surface area contributed by atoms with E-state index in [1.807, 2.05) is 6.92 Å². The van der Waals surface area contributed by atoms with Crippen molar-refractivity contribution < 1.29 is 8.42 Å². The predicted molar refractivity (Wildman–Crippen MR) is 72.5 cm³/mol. The Bertz CT molecular complexity index is 375. The summed E-state index contributed by atoms with van der Waals surface area (Å²) in [6.07, 6.45) is 1.13. The van der Waals surface area contributed by atoms with Crippen LogP contribution in [0.25, 0.3) is 0 Å². The third-order valence-corrected chi connectivity index (χ3v) is 5.98. The number of piperazine rings is 1. The molecule has 2 rings (SSSR count). The van der Waals surface area contributed by atoms with Crippen molar-refractivity contribution in [3.63, 3.8) is 0 Å². The fourth-order valence-corrected chi connectivity index (χ4v) is 5.14. The molecule has 2 aliphatic rings. The maximum absolute atomic E-state index is 12.7. The molecule has 0 saturated carbocycles. The van der Waals surface area contributed by atoms with Gasteiger partial charge in [-0.25, -0.2) is 0 Å². The summed E-state index contributed by atoms with van der Waals surface area (Å²) in [6.45, 7) is 9.68. The van der Waals surface area contributed by atoms with Gasteiger partial charge in [-0.3, -0.25) is 0 Å². The van der Waals surface area contributed by atoms with Gasteiger partial charge in [0.25, 0.3) is 10.2 Å². The van der Waals surface area contributed by atoms with E-state index in [1.165, 1.54) is 0 Å². The van der Waals surface area contributed by atoms with Crippen molar-refractivity contribution in [1.29, 1.82) is 0 Å². The second kappa shape index (κ2) is 5.45. The molecule has 2 fully saturated rings. The lowest BCUT2D eigenvalue weighted by molar-refractivity contribution is 0.194. The van der Waals surface area contributed by atoms with Crippen molar-refractivity contribution in [2.75, 3.05) is 32.7 Å². The Morgan fingerprint density at radius 3 is 2.28 bits per heavy atom. The Morgan fingerprint density at radius 2 is 1.72 bits per heavy atom. The maximum Gasteiger partial charge on any atom is 0.282 e. The average molecular weight is 275 g/mol. The SMILES string of the molecule is C[C@@H]1C[C@H](C)CN(S(=O)(=O)N2CCNC[C@H]2C)C1. The third-order valence-electron chi connectivity index (χ3n) is 3.90. The van der Waals surface area contributed by atoms with Crippen LogP contribution in [0.3, 0.4) is 0 Å². The molecule has 2 heterocycles. The van der Waals surface area contributed by atoms with Crippen LogP contribution < -0.4 is 5.32 Å². The summed E-state index contributed by atoms with van der Waals surface area (Å²) in [7, 11) is -3.27. The molecule has 0 aromatic rings. The molecular weight excluding hydrogens is 250 g/mol. The lowest BCUT2D eigenvalue weighted by Crippen LogP contribution is -2.58. The van der Waals surface area contributed by atoms with Gasteiger partial charge in [-0.15, -0.1) is 0 Å². The maximum atomic E-state index is 12.7. The van der Waals surface area contributed by atoms with Crippen molar-refractivity contribution in [3.05, 3.63) is 0 Å². The topological polar surface area (TPSA) is 52.7 Å². The van der Waals surface area contributed by atoms with Gasteiger partial charge >= 0.3 is 0 Å². The molecule has 0 aliphatic carbocycles. The number of piperidine rings is 1. The first-order valence-corrected chi connectivity index (χ1v) is 8.28. The Hall–Kier alpha value is -0.170. The van der Waals surface area contributed by atoms with Gasteiger partial charge < -0.3 is 5.32 Å². The van der Waals surface area contributed by atoms with Crippen LogP contribution in [0.4, 0.5) is 0 Å². The molecule has 6 heteroatoms. The van der Waals surface area contributed by atoms with Crippen molar-refractivity contribution in [1.82, 2.24) is 13.9 Å². The molecule has 18 heavy (non-hydrogen) atoms. The summed E-state index contributed by atoms with van der Waals surface area (Å²) in [6, 6.07) is 0.0521. The van der Waals surface area contributed by atoms with Crippen LogP contribution in [0, 0.1) is 11.8 Å². The van der Waals surface area contributed by atoms with E-state index in [0.717, 1.165) is 19.5 Å². The van der Waals surface area contributed by atoms with Crippen LogP contribution in [0.15, 0.2) is 0 Å². The van der Waals surface area contributed by atoms with Gasteiger partial charge in [0, 0.05) is 38.8 Å². The largest absolute Gasteiger partial charge is 0.314 e. The van der Waals surface area contributed by atoms with Crippen LogP contribution in [0.1, 0.15) is 27.2 Å². The lowest BCUT2D eigenvalue weighted by Gasteiger charge is -2.40. The first-order chi connectivity index (χ1) is 8.41. The molecular formula is C12H25N3O2S. The second-order valence-corrected chi connectivity index (χ2v) is 7.82. The highest BCUT2D eigenvalue weighted by Crippen LogP contribution is 2.25. The minimum atomic E-state index is -3.27. The molecule has 2 saturated heterocycles. The Balaban J connectivity index is 2.14. The van der Waals surface area contributed by atoms with Crippen molar-refractivity contribution >= 4 is 10.2 Å². The molecule has 106 valence electrons. The monoisotopic (exact) mass is 275 g/mol. The second-order valence-electron chi connectivity index (χ2n) is 5.93. The van der Waals surface area contributed by atoms with Crippen molar-refractivity contribution in [3.8, 4) is 0 Å². The Morgan fingerprint density at radius 1 is 1.11 bits per heavy atom. The highest BCUT2D eigenvalue weighted by molar-refractivity contribution is 7.86. The predicted octanol–water partition coefficient (Wildman–Crippen LogP) is 0.503. The van der Waals surface area contributed by atoms with Crippen LogP contribution >= 0.6 is 0 Å². The molecule has 0 spiro atoms. The minimum Gasteiger partial charge on any atom is -0.314 e. The first kappa shape index (κ1) is 14.2. The number of nitrogens with zero attached hydrogens (tertiary/aromatic N) is 2. The molecule has 0 radical (unpaired) electrons. The zero-order valence-electron chi connectivity index (χ0n) is 11.6. The molecule has 0 unspecified atom stereocenters. The molecule has 0 aromatic carbocycles. The molecule has 0 aromatic heterocycles. The highest BCUT2D eigenvalue weighted by Gasteiger charge is 2.37. The number of rotatable bonds is 2. The zero-order chi connectivity index (χ0) is 13.3. The van der Waals surface area contributed by atoms with E-state index in [9.17, 15) is 8.42 Å². The van der Waals surface area contributed by atoms with Crippen LogP contribution in [0.2, 0.25) is 0 Å². The normalized spacial score (nSPS) is 36.7. The van der Waals surface area contributed by atoms with Gasteiger partial charge in [0.15, 0.2) is 0 Å². The summed E-state index contributed by atoms with van der Waals surface area (Å²) in [5.74, 6) is 0.920. The van der Waals surface area contributed by atoms with E-state index >= 15 is 0 Å². The van der Waals surface area contributed by atoms with Crippen LogP contribution in [0.5, 0.6) is 0 Å². The van der Waals surface area contributed by atoms with E-state index < -0.39 is 10.2 Å². The van der Waals surface area contributed by atoms with Crippen molar-refractivity contribution in [2.45, 2.75) is 33.2 Å². The Kier molecular flexibility index (Phi) is 4.31. The van der Waals surface area contributed by atoms with Gasteiger partial charge in [-0.1, -0.05) is 13.8 Å². The van der Waals surface area contributed by atoms with Crippen LogP contribution in [-0.4, -0.2) is 55.8 Å². The average Bonchev–Trinajstić information content (AvgIpc) is 2.28. The first-order valence-electron chi connectivity index (χ1n) is 6.89. The standard InChI is InChI=1S/C12H25N3O2S/c1-10-6-11(2)9-14(8-10)18(16,17)15-5-4-13-7-12(15)3/h10-13H,4-9H2,1-3H3/t10-,11+,12-/m1/s1. The summed E-state index contributed by atoms with van der Waals surface area (Å²) < 4.78 is 28.7.